The molecule has 0 spiro atoms. The number of carbonyl (C=O) groups excluding carboxylic acids is 3. The van der Waals surface area contributed by atoms with E-state index in [9.17, 15) is 31.9 Å². The number of anilines is 2. The number of fused-ring (bicyclic) bond motifs is 1. The van der Waals surface area contributed by atoms with Crippen molar-refractivity contribution >= 4 is 40.8 Å². The molecule has 13 heteroatoms. The maximum Gasteiger partial charge on any atom is 0.327 e. The Morgan fingerprint density at radius 2 is 1.79 bits per heavy atom. The smallest absolute Gasteiger partial charge is 0.327 e. The molecule has 206 valence electrons. The van der Waals surface area contributed by atoms with Crippen molar-refractivity contribution in [3.63, 3.8) is 0 Å². The van der Waals surface area contributed by atoms with Gasteiger partial charge in [-0.15, -0.1) is 0 Å². The molecule has 0 unspecified atom stereocenters. The fourth-order valence-corrected chi connectivity index (χ4v) is 4.98. The summed E-state index contributed by atoms with van der Waals surface area (Å²) < 4.78 is 56.7. The molecule has 2 atom stereocenters. The van der Waals surface area contributed by atoms with Crippen LogP contribution in [0.5, 0.6) is 0 Å². The third-order valence-corrected chi connectivity index (χ3v) is 6.83. The van der Waals surface area contributed by atoms with E-state index in [1.807, 2.05) is 0 Å². The van der Waals surface area contributed by atoms with Crippen LogP contribution < -0.4 is 15.5 Å². The third kappa shape index (κ3) is 5.47. The van der Waals surface area contributed by atoms with Crippen molar-refractivity contribution in [3.8, 4) is 0 Å². The maximum atomic E-state index is 14.1. The average molecular weight is 566 g/mol. The van der Waals surface area contributed by atoms with Gasteiger partial charge in [-0.05, 0) is 54.4 Å². The number of hydrogen-bond donors (Lipinski definition) is 2. The number of Topliss-reactive ketones (excluding diaryl/α,β-unsaturated/α-hetero) is 1. The van der Waals surface area contributed by atoms with Gasteiger partial charge in [0.15, 0.2) is 5.82 Å². The minimum Gasteiger partial charge on any atom is -0.352 e. The Kier molecular flexibility index (Phi) is 7.96. The second-order valence-corrected chi connectivity index (χ2v) is 9.52. The van der Waals surface area contributed by atoms with Crippen LogP contribution in [0.2, 0.25) is 5.02 Å². The highest BCUT2D eigenvalue weighted by molar-refractivity contribution is 6.31. The van der Waals surface area contributed by atoms with E-state index in [4.69, 9.17) is 11.6 Å². The van der Waals surface area contributed by atoms with Crippen LogP contribution in [0.15, 0.2) is 36.4 Å². The van der Waals surface area contributed by atoms with Crippen molar-refractivity contribution in [2.24, 2.45) is 0 Å². The van der Waals surface area contributed by atoms with Crippen LogP contribution in [0, 0.1) is 11.6 Å². The Labute approximate surface area is 226 Å². The van der Waals surface area contributed by atoms with E-state index in [-0.39, 0.29) is 45.9 Å². The predicted octanol–water partition coefficient (Wildman–Crippen LogP) is 5.32. The number of rotatable bonds is 7. The van der Waals surface area contributed by atoms with E-state index in [0.29, 0.717) is 5.56 Å². The van der Waals surface area contributed by atoms with Crippen molar-refractivity contribution < 1.29 is 31.9 Å². The average Bonchev–Trinajstić information content (AvgIpc) is 3.42. The summed E-state index contributed by atoms with van der Waals surface area (Å²) >= 11 is 6.33. The maximum absolute atomic E-state index is 14.1. The summed E-state index contributed by atoms with van der Waals surface area (Å²) in [6, 6.07) is 6.06. The number of ketones is 1. The van der Waals surface area contributed by atoms with Crippen LogP contribution in [0.1, 0.15) is 53.1 Å². The Hall–Kier alpha value is -3.93. The first-order valence-electron chi connectivity index (χ1n) is 11.9. The van der Waals surface area contributed by atoms with Gasteiger partial charge in [-0.2, -0.15) is 0 Å². The van der Waals surface area contributed by atoms with Gasteiger partial charge in [-0.1, -0.05) is 18.5 Å². The second kappa shape index (κ2) is 11.0. The lowest BCUT2D eigenvalue weighted by Gasteiger charge is -2.21. The van der Waals surface area contributed by atoms with E-state index in [0.717, 1.165) is 23.1 Å². The molecule has 0 radical (unpaired) electrons. The summed E-state index contributed by atoms with van der Waals surface area (Å²) in [5, 5.41) is 5.16. The lowest BCUT2D eigenvalue weighted by atomic mass is 9.97. The number of halogens is 5. The van der Waals surface area contributed by atoms with Gasteiger partial charge in [-0.25, -0.2) is 27.3 Å². The summed E-state index contributed by atoms with van der Waals surface area (Å²) in [6.45, 7) is 2.18. The fourth-order valence-electron chi connectivity index (χ4n) is 4.70. The summed E-state index contributed by atoms with van der Waals surface area (Å²) in [5.74, 6) is -4.90. The van der Waals surface area contributed by atoms with Crippen LogP contribution in [-0.2, 0) is 11.3 Å². The molecule has 39 heavy (non-hydrogen) atoms. The number of imidazole rings is 1. The van der Waals surface area contributed by atoms with Gasteiger partial charge in [0.1, 0.15) is 17.4 Å². The quantitative estimate of drug-likeness (QED) is 0.379. The number of hydrogen-bond acceptors (Lipinski definition) is 4. The van der Waals surface area contributed by atoms with E-state index in [1.165, 1.54) is 36.7 Å². The molecule has 0 saturated carbocycles. The number of aromatic nitrogens is 2. The van der Waals surface area contributed by atoms with Crippen molar-refractivity contribution in [2.75, 3.05) is 23.8 Å². The van der Waals surface area contributed by atoms with Crippen LogP contribution in [0.25, 0.3) is 0 Å². The molecule has 1 aromatic heterocycles. The number of benzene rings is 2. The number of nitrogens with zero attached hydrogens (tertiary/aromatic N) is 3. The van der Waals surface area contributed by atoms with E-state index in [2.05, 4.69) is 15.6 Å². The Morgan fingerprint density at radius 1 is 1.13 bits per heavy atom. The van der Waals surface area contributed by atoms with Crippen molar-refractivity contribution in [1.29, 1.82) is 0 Å². The zero-order valence-corrected chi connectivity index (χ0v) is 21.8. The molecule has 0 saturated heterocycles. The third-order valence-electron chi connectivity index (χ3n) is 6.49. The molecule has 8 nitrogen and oxygen atoms in total. The molecule has 2 N–H and O–H groups in total. The van der Waals surface area contributed by atoms with E-state index in [1.54, 1.807) is 6.92 Å². The highest BCUT2D eigenvalue weighted by Crippen LogP contribution is 2.41. The number of alkyl halides is 2. The Morgan fingerprint density at radius 3 is 2.44 bits per heavy atom. The minimum atomic E-state index is -2.86. The summed E-state index contributed by atoms with van der Waals surface area (Å²) in [5.41, 5.74) is 0.527. The number of nitrogens with one attached hydrogen (secondary N) is 2. The zero-order valence-electron chi connectivity index (χ0n) is 21.1. The molecule has 0 bridgehead atoms. The molecule has 4 rings (SSSR count). The topological polar surface area (TPSA) is 96.3 Å². The van der Waals surface area contributed by atoms with Crippen LogP contribution >= 0.6 is 11.6 Å². The summed E-state index contributed by atoms with van der Waals surface area (Å²) in [7, 11) is 1.35. The SMILES string of the molecule is CNC(=O)c1nc(NC(=O)N2C[C@H](C(F)F)c3cc(F)ccc32)c([C@H](C)c2cc(F)ccc2Cl)n1CC(C)=O. The largest absolute Gasteiger partial charge is 0.352 e. The highest BCUT2D eigenvalue weighted by Gasteiger charge is 2.39. The lowest BCUT2D eigenvalue weighted by Crippen LogP contribution is -2.35. The lowest BCUT2D eigenvalue weighted by molar-refractivity contribution is -0.117. The fraction of sp³-hybridized carbons (Fsp3) is 0.308. The molecule has 3 amide bonds. The molecule has 0 aliphatic carbocycles. The van der Waals surface area contributed by atoms with Gasteiger partial charge in [0.25, 0.3) is 5.91 Å². The Balaban J connectivity index is 1.82. The summed E-state index contributed by atoms with van der Waals surface area (Å²) in [4.78, 5) is 43.5. The van der Waals surface area contributed by atoms with Gasteiger partial charge in [0.2, 0.25) is 12.2 Å². The normalized spacial score (nSPS) is 15.3. The van der Waals surface area contributed by atoms with Gasteiger partial charge in [0.05, 0.1) is 18.2 Å². The van der Waals surface area contributed by atoms with Crippen LogP contribution in [-0.4, -0.2) is 47.3 Å². The van der Waals surface area contributed by atoms with E-state index >= 15 is 0 Å². The number of urea groups is 1. The van der Waals surface area contributed by atoms with Crippen molar-refractivity contribution in [2.45, 2.75) is 38.7 Å². The first kappa shape index (κ1) is 28.1. The molecular weight excluding hydrogens is 542 g/mol. The Bertz CT molecular complexity index is 1460. The summed E-state index contributed by atoms with van der Waals surface area (Å²) in [6.07, 6.45) is -2.86. The van der Waals surface area contributed by atoms with E-state index < -0.39 is 48.4 Å². The first-order valence-corrected chi connectivity index (χ1v) is 12.2. The van der Waals surface area contributed by atoms with Crippen molar-refractivity contribution in [3.05, 3.63) is 75.7 Å². The van der Waals surface area contributed by atoms with Crippen molar-refractivity contribution in [1.82, 2.24) is 14.9 Å². The standard InChI is InChI=1S/C26H24ClF4N5O3/c1-12(37)10-36-21(13(2)16-8-14(28)4-6-19(16)27)23(33-24(36)25(38)32-3)34-26(39)35-11-18(22(30)31)17-9-15(29)5-7-20(17)35/h4-9,13,18,22H,10-11H2,1-3H3,(H,32,38)(H,34,39)/t13-,18+/m1/s1. The molecule has 1 aliphatic heterocycles. The van der Waals surface area contributed by atoms with Gasteiger partial charge >= 0.3 is 6.03 Å². The first-order chi connectivity index (χ1) is 18.4. The van der Waals surface area contributed by atoms with Crippen LogP contribution in [0.3, 0.4) is 0 Å². The van der Waals surface area contributed by atoms with Gasteiger partial charge in [-0.3, -0.25) is 19.8 Å². The minimum absolute atomic E-state index is 0.0200. The monoisotopic (exact) mass is 565 g/mol. The zero-order chi connectivity index (χ0) is 28.6. The second-order valence-electron chi connectivity index (χ2n) is 9.11. The number of amides is 3. The predicted molar refractivity (Wildman–Crippen MR) is 137 cm³/mol. The molecule has 3 aromatic rings. The molecule has 0 fully saturated rings. The highest BCUT2D eigenvalue weighted by atomic mass is 35.5. The van der Waals surface area contributed by atoms with Gasteiger partial charge in [0, 0.05) is 30.2 Å². The van der Waals surface area contributed by atoms with Gasteiger partial charge < -0.3 is 9.88 Å². The molecule has 2 aromatic carbocycles. The molecule has 1 aliphatic rings. The van der Waals surface area contributed by atoms with Crippen LogP contribution in [0.4, 0.5) is 33.9 Å². The molecular formula is C26H24ClF4N5O3. The number of carbonyl (C=O) groups is 3. The molecule has 2 heterocycles.